The number of fused-ring (bicyclic) bond motifs is 1. The molecule has 1 aromatic carbocycles. The van der Waals surface area contributed by atoms with Crippen molar-refractivity contribution in [3.05, 3.63) is 23.1 Å². The first kappa shape index (κ1) is 13.7. The maximum absolute atomic E-state index is 10.8. The first-order chi connectivity index (χ1) is 7.02. The second-order valence-electron chi connectivity index (χ2n) is 3.09. The molecule has 0 N–H and O–H groups in total. The van der Waals surface area contributed by atoms with Crippen molar-refractivity contribution in [2.24, 2.45) is 0 Å². The molecule has 0 aliphatic rings. The Morgan fingerprint density at radius 3 is 2.69 bits per heavy atom. The quantitative estimate of drug-likeness (QED) is 0.493. The number of rotatable bonds is 2. The van der Waals surface area contributed by atoms with Crippen molar-refractivity contribution in [2.75, 3.05) is 0 Å². The smallest absolute Gasteiger partial charge is 0.744 e. The molecule has 0 radical (unpaired) electrons. The molecule has 0 aliphatic carbocycles. The number of benzene rings is 1. The van der Waals surface area contributed by atoms with E-state index in [9.17, 15) is 13.0 Å². The van der Waals surface area contributed by atoms with E-state index >= 15 is 0 Å². The topological polar surface area (TPSA) is 70.1 Å². The fraction of sp³-hybridized carbons (Fsp3) is 0.222. The molecule has 0 spiro atoms. The number of hydrogen-bond acceptors (Lipinski definition) is 5. The van der Waals surface area contributed by atoms with Crippen molar-refractivity contribution < 1.29 is 31.8 Å². The standard InChI is InChI=1S/C9H9NO3S2.Li/c1-2-9-7-4-3-6(15(11,12)13)5-8(7)10-14-9;/h3-5H,2H2,1H3,(H,11,12,13);/q;+1/p-1. The first-order valence-corrected chi connectivity index (χ1v) is 6.54. The molecule has 1 heterocycles. The van der Waals surface area contributed by atoms with Crippen LogP contribution in [0.4, 0.5) is 0 Å². The van der Waals surface area contributed by atoms with Gasteiger partial charge in [-0.3, -0.25) is 0 Å². The first-order valence-electron chi connectivity index (χ1n) is 4.36. The Labute approximate surface area is 110 Å². The van der Waals surface area contributed by atoms with Gasteiger partial charge < -0.3 is 4.55 Å². The second-order valence-corrected chi connectivity index (χ2v) is 5.33. The van der Waals surface area contributed by atoms with Gasteiger partial charge in [0.15, 0.2) is 0 Å². The molecule has 0 fully saturated rings. The zero-order chi connectivity index (χ0) is 11.1. The van der Waals surface area contributed by atoms with Gasteiger partial charge in [-0.1, -0.05) is 13.0 Å². The van der Waals surface area contributed by atoms with Gasteiger partial charge in [0.1, 0.15) is 10.1 Å². The van der Waals surface area contributed by atoms with Crippen molar-refractivity contribution in [1.82, 2.24) is 4.37 Å². The van der Waals surface area contributed by atoms with Gasteiger partial charge in [-0.15, -0.1) is 0 Å². The van der Waals surface area contributed by atoms with Crippen LogP contribution in [0, 0.1) is 0 Å². The predicted molar refractivity (Wildman–Crippen MR) is 57.0 cm³/mol. The van der Waals surface area contributed by atoms with Gasteiger partial charge in [0.25, 0.3) is 0 Å². The second kappa shape index (κ2) is 4.86. The maximum Gasteiger partial charge on any atom is 1.00 e. The van der Waals surface area contributed by atoms with Crippen molar-refractivity contribution in [1.29, 1.82) is 0 Å². The van der Waals surface area contributed by atoms with Crippen LogP contribution in [-0.2, 0) is 16.5 Å². The molecule has 0 bridgehead atoms. The summed E-state index contributed by atoms with van der Waals surface area (Å²) in [5.74, 6) is 0. The number of aryl methyl sites for hydroxylation is 1. The third-order valence-electron chi connectivity index (χ3n) is 2.13. The minimum atomic E-state index is -4.38. The van der Waals surface area contributed by atoms with Crippen LogP contribution < -0.4 is 18.9 Å². The van der Waals surface area contributed by atoms with Crippen LogP contribution in [0.15, 0.2) is 23.1 Å². The minimum absolute atomic E-state index is 0. The molecule has 7 heteroatoms. The monoisotopic (exact) mass is 249 g/mol. The maximum atomic E-state index is 10.8. The Bertz CT molecular complexity index is 606. The molecule has 0 amide bonds. The largest absolute Gasteiger partial charge is 1.00 e. The van der Waals surface area contributed by atoms with E-state index in [1.165, 1.54) is 23.7 Å². The fourth-order valence-electron chi connectivity index (χ4n) is 1.39. The van der Waals surface area contributed by atoms with Crippen molar-refractivity contribution in [3.63, 3.8) is 0 Å². The van der Waals surface area contributed by atoms with E-state index in [1.54, 1.807) is 6.07 Å². The fourth-order valence-corrected chi connectivity index (χ4v) is 2.64. The summed E-state index contributed by atoms with van der Waals surface area (Å²) in [6.45, 7) is 2.01. The van der Waals surface area contributed by atoms with E-state index in [1.807, 2.05) is 6.92 Å². The minimum Gasteiger partial charge on any atom is -0.744 e. The molecule has 0 atom stereocenters. The number of hydrogen-bond donors (Lipinski definition) is 0. The molecular formula is C9H8LiNO3S2. The summed E-state index contributed by atoms with van der Waals surface area (Å²) in [6.07, 6.45) is 0.852. The van der Waals surface area contributed by atoms with E-state index in [0.29, 0.717) is 5.52 Å². The van der Waals surface area contributed by atoms with E-state index in [-0.39, 0.29) is 23.8 Å². The van der Waals surface area contributed by atoms with E-state index in [2.05, 4.69) is 4.37 Å². The summed E-state index contributed by atoms with van der Waals surface area (Å²) in [6, 6.07) is 4.30. The van der Waals surface area contributed by atoms with E-state index in [0.717, 1.165) is 16.7 Å². The Morgan fingerprint density at radius 2 is 2.12 bits per heavy atom. The number of aromatic nitrogens is 1. The Balaban J connectivity index is 0.00000128. The number of nitrogens with zero attached hydrogens (tertiary/aromatic N) is 1. The van der Waals surface area contributed by atoms with Gasteiger partial charge in [0.05, 0.1) is 10.4 Å². The van der Waals surface area contributed by atoms with E-state index in [4.69, 9.17) is 0 Å². The van der Waals surface area contributed by atoms with Gasteiger partial charge in [-0.05, 0) is 30.1 Å². The molecule has 0 saturated carbocycles. The molecular weight excluding hydrogens is 241 g/mol. The Morgan fingerprint density at radius 1 is 1.44 bits per heavy atom. The summed E-state index contributed by atoms with van der Waals surface area (Å²) in [5, 5.41) is 0.926. The van der Waals surface area contributed by atoms with Crippen molar-refractivity contribution in [3.8, 4) is 0 Å². The molecule has 0 unspecified atom stereocenters. The van der Waals surface area contributed by atoms with E-state index < -0.39 is 10.1 Å². The normalized spacial score (nSPS) is 11.4. The summed E-state index contributed by atoms with van der Waals surface area (Å²) in [7, 11) is -4.38. The van der Waals surface area contributed by atoms with Crippen LogP contribution in [0.1, 0.15) is 11.8 Å². The molecule has 16 heavy (non-hydrogen) atoms. The van der Waals surface area contributed by atoms with Gasteiger partial charge in [-0.25, -0.2) is 8.42 Å². The predicted octanol–water partition coefficient (Wildman–Crippen LogP) is -1.23. The molecule has 1 aromatic heterocycles. The summed E-state index contributed by atoms with van der Waals surface area (Å²) in [4.78, 5) is 0.878. The molecule has 0 saturated heterocycles. The SMILES string of the molecule is CCc1snc2cc(S(=O)(=O)[O-])ccc12.[Li+]. The molecule has 4 nitrogen and oxygen atoms in total. The summed E-state index contributed by atoms with van der Waals surface area (Å²) >= 11 is 1.34. The Kier molecular flexibility index (Phi) is 4.16. The average molecular weight is 249 g/mol. The summed E-state index contributed by atoms with van der Waals surface area (Å²) in [5.41, 5.74) is 0.578. The van der Waals surface area contributed by atoms with Crippen LogP contribution in [-0.4, -0.2) is 17.3 Å². The van der Waals surface area contributed by atoms with Crippen molar-refractivity contribution in [2.45, 2.75) is 18.2 Å². The third-order valence-corrected chi connectivity index (χ3v) is 3.98. The third kappa shape index (κ3) is 2.47. The molecule has 2 rings (SSSR count). The zero-order valence-electron chi connectivity index (χ0n) is 8.93. The van der Waals surface area contributed by atoms with Crippen molar-refractivity contribution >= 4 is 32.6 Å². The van der Waals surface area contributed by atoms with Crippen LogP contribution in [0.3, 0.4) is 0 Å². The van der Waals surface area contributed by atoms with Crippen LogP contribution >= 0.6 is 11.5 Å². The zero-order valence-corrected chi connectivity index (χ0v) is 10.6. The molecule has 2 aromatic rings. The van der Waals surface area contributed by atoms with Crippen LogP contribution in [0.25, 0.3) is 10.9 Å². The van der Waals surface area contributed by atoms with Gasteiger partial charge in [0.2, 0.25) is 0 Å². The average Bonchev–Trinajstić information content (AvgIpc) is 2.58. The Hall–Kier alpha value is -0.383. The van der Waals surface area contributed by atoms with Gasteiger partial charge in [0, 0.05) is 10.3 Å². The molecule has 0 aliphatic heterocycles. The summed E-state index contributed by atoms with van der Waals surface area (Å²) < 4.78 is 36.4. The van der Waals surface area contributed by atoms with Gasteiger partial charge >= 0.3 is 18.9 Å². The molecule has 80 valence electrons. The van der Waals surface area contributed by atoms with Crippen LogP contribution in [0.2, 0.25) is 0 Å². The van der Waals surface area contributed by atoms with Crippen LogP contribution in [0.5, 0.6) is 0 Å². The van der Waals surface area contributed by atoms with Gasteiger partial charge in [-0.2, -0.15) is 4.37 Å².